The molecule has 8 nitrogen and oxygen atoms in total. The minimum absolute atomic E-state index is 0.00634. The van der Waals surface area contributed by atoms with Crippen molar-refractivity contribution in [3.63, 3.8) is 0 Å². The molecule has 3 aliphatic heterocycles. The summed E-state index contributed by atoms with van der Waals surface area (Å²) >= 11 is 0. The second-order valence-electron chi connectivity index (χ2n) is 10.3. The molecule has 6 rings (SSSR count). The Morgan fingerprint density at radius 2 is 1.84 bits per heavy atom. The van der Waals surface area contributed by atoms with Crippen LogP contribution < -0.4 is 10.6 Å². The fourth-order valence-electron chi connectivity index (χ4n) is 5.83. The van der Waals surface area contributed by atoms with Gasteiger partial charge in [-0.1, -0.05) is 36.4 Å². The Labute approximate surface area is 223 Å². The molecule has 8 heteroatoms. The Bertz CT molecular complexity index is 1300. The molecule has 2 aromatic rings. The highest BCUT2D eigenvalue weighted by atomic mass is 16.5. The van der Waals surface area contributed by atoms with Crippen molar-refractivity contribution >= 4 is 18.0 Å². The molecule has 1 unspecified atom stereocenters. The summed E-state index contributed by atoms with van der Waals surface area (Å²) in [5.74, 6) is 9.11. The Kier molecular flexibility index (Phi) is 6.93. The normalized spacial score (nSPS) is 26.8. The van der Waals surface area contributed by atoms with Gasteiger partial charge in [0.25, 0.3) is 5.84 Å². The number of nitrogens with zero attached hydrogens (tertiary/aromatic N) is 4. The lowest BCUT2D eigenvalue weighted by Gasteiger charge is -2.34. The van der Waals surface area contributed by atoms with Crippen molar-refractivity contribution in [1.82, 2.24) is 4.90 Å². The molecule has 2 N–H and O–H groups in total. The molecule has 1 saturated carbocycles. The van der Waals surface area contributed by atoms with E-state index < -0.39 is 0 Å². The van der Waals surface area contributed by atoms with Gasteiger partial charge >= 0.3 is 0 Å². The first kappa shape index (κ1) is 24.7. The van der Waals surface area contributed by atoms with Crippen molar-refractivity contribution in [2.75, 3.05) is 26.3 Å². The second kappa shape index (κ2) is 10.6. The van der Waals surface area contributed by atoms with E-state index in [-0.39, 0.29) is 22.3 Å². The van der Waals surface area contributed by atoms with Gasteiger partial charge in [0.05, 0.1) is 31.2 Å². The highest BCUT2D eigenvalue weighted by Gasteiger charge is 2.46. The number of hydrogen-bond acceptors (Lipinski definition) is 6. The van der Waals surface area contributed by atoms with E-state index in [9.17, 15) is 4.79 Å². The van der Waals surface area contributed by atoms with E-state index in [1.165, 1.54) is 0 Å². The van der Waals surface area contributed by atoms with Crippen LogP contribution in [0.5, 0.6) is 5.75 Å². The third-order valence-electron chi connectivity index (χ3n) is 7.95. The summed E-state index contributed by atoms with van der Waals surface area (Å²) in [4.78, 5) is 24.6. The molecule has 1 amide bonds. The Morgan fingerprint density at radius 1 is 1.05 bits per heavy atom. The zero-order valence-corrected chi connectivity index (χ0v) is 21.5. The minimum Gasteiger partial charge on any atom is -0.489 e. The van der Waals surface area contributed by atoms with Crippen LogP contribution in [-0.2, 0) is 16.1 Å². The fourth-order valence-corrected chi connectivity index (χ4v) is 5.83. The molecule has 2 aromatic carbocycles. The minimum atomic E-state index is -0.00634. The highest BCUT2D eigenvalue weighted by Crippen LogP contribution is 2.41. The van der Waals surface area contributed by atoms with Gasteiger partial charge in [-0.2, -0.15) is 10.8 Å². The van der Waals surface area contributed by atoms with E-state index in [2.05, 4.69) is 17.1 Å². The van der Waals surface area contributed by atoms with Gasteiger partial charge in [0.1, 0.15) is 24.3 Å². The van der Waals surface area contributed by atoms with Crippen LogP contribution in [0.1, 0.15) is 36.8 Å². The summed E-state index contributed by atoms with van der Waals surface area (Å²) < 4.78 is 11.5. The summed E-state index contributed by atoms with van der Waals surface area (Å²) in [5.41, 5.74) is 3.92. The monoisotopic (exact) mass is 512 g/mol. The summed E-state index contributed by atoms with van der Waals surface area (Å²) in [6.45, 7) is 3.16. The third-order valence-corrected chi connectivity index (χ3v) is 7.95. The van der Waals surface area contributed by atoms with E-state index in [0.29, 0.717) is 32.9 Å². The van der Waals surface area contributed by atoms with Gasteiger partial charge < -0.3 is 14.4 Å². The Balaban J connectivity index is 1.20. The largest absolute Gasteiger partial charge is 0.489 e. The average Bonchev–Trinajstić information content (AvgIpc) is 3.30. The summed E-state index contributed by atoms with van der Waals surface area (Å²) in [7, 11) is 0. The zero-order chi connectivity index (χ0) is 26.0. The molecule has 2 fully saturated rings. The van der Waals surface area contributed by atoms with Crippen molar-refractivity contribution in [1.29, 1.82) is 0 Å². The number of nitrogens with two attached hydrogens (primary N) is 1. The molecule has 1 aliphatic carbocycles. The molecule has 38 heavy (non-hydrogen) atoms. The van der Waals surface area contributed by atoms with E-state index in [4.69, 9.17) is 20.3 Å². The average molecular weight is 513 g/mol. The van der Waals surface area contributed by atoms with Crippen LogP contribution in [0.3, 0.4) is 0 Å². The molecule has 0 spiro atoms. The SMILES string of the molecule is N[N+]12C=CN=CC1=C(C1CCC(C(=O)N3CCOCC3)CC1)N=C2c1cccc(OCc2ccccc2)c1. The molecule has 4 aliphatic rings. The third kappa shape index (κ3) is 4.82. The number of carbonyl (C=O) groups is 1. The number of amidine groups is 1. The van der Waals surface area contributed by atoms with E-state index in [1.807, 2.05) is 59.8 Å². The van der Waals surface area contributed by atoms with Crippen LogP contribution in [0.25, 0.3) is 0 Å². The predicted molar refractivity (Wildman–Crippen MR) is 146 cm³/mol. The van der Waals surface area contributed by atoms with Crippen LogP contribution in [-0.4, -0.2) is 53.8 Å². The second-order valence-corrected chi connectivity index (χ2v) is 10.3. The maximum atomic E-state index is 13.0. The smallest absolute Gasteiger partial charge is 0.265 e. The quantitative estimate of drug-likeness (QED) is 0.465. The molecule has 0 aromatic heterocycles. The number of quaternary nitrogens is 1. The van der Waals surface area contributed by atoms with Crippen molar-refractivity contribution in [2.45, 2.75) is 32.3 Å². The summed E-state index contributed by atoms with van der Waals surface area (Å²) in [5, 5.41) is 0. The predicted octanol–water partition coefficient (Wildman–Crippen LogP) is 4.15. The summed E-state index contributed by atoms with van der Waals surface area (Å²) in [6, 6.07) is 18.1. The highest BCUT2D eigenvalue weighted by molar-refractivity contribution is 6.00. The first-order valence-corrected chi connectivity index (χ1v) is 13.5. The number of hydrogen-bond donors (Lipinski definition) is 1. The number of carbonyl (C=O) groups excluding carboxylic acids is 1. The number of fused-ring (bicyclic) bond motifs is 1. The lowest BCUT2D eigenvalue weighted by molar-refractivity contribution is -0.750. The van der Waals surface area contributed by atoms with Gasteiger partial charge in [0.15, 0.2) is 0 Å². The maximum Gasteiger partial charge on any atom is 0.265 e. The fraction of sp³-hybridized carbons (Fsp3) is 0.367. The standard InChI is InChI=1S/C30H34N5O3/c31-35-16-13-32-20-27(35)28(23-9-11-24(12-10-23)30(36)34-14-17-37-18-15-34)33-29(35)25-7-4-8-26(19-25)38-21-22-5-2-1-3-6-22/h1-8,13,16,19-20,23-24H,9-12,14-15,17-18,21,31H2/q+1. The van der Waals surface area contributed by atoms with Crippen molar-refractivity contribution in [3.05, 3.63) is 89.5 Å². The van der Waals surface area contributed by atoms with Gasteiger partial charge in [-0.25, -0.2) is 0 Å². The Hall–Kier alpha value is -3.59. The zero-order valence-electron chi connectivity index (χ0n) is 21.5. The Morgan fingerprint density at radius 3 is 2.63 bits per heavy atom. The molecular weight excluding hydrogens is 478 g/mol. The number of morpholine rings is 1. The van der Waals surface area contributed by atoms with Crippen molar-refractivity contribution in [3.8, 4) is 5.75 Å². The van der Waals surface area contributed by atoms with Crippen molar-refractivity contribution in [2.24, 2.45) is 27.7 Å². The number of amides is 1. The van der Waals surface area contributed by atoms with Gasteiger partial charge in [0.2, 0.25) is 11.6 Å². The van der Waals surface area contributed by atoms with E-state index in [1.54, 1.807) is 6.20 Å². The molecule has 1 saturated heterocycles. The molecule has 196 valence electrons. The van der Waals surface area contributed by atoms with E-state index in [0.717, 1.165) is 59.8 Å². The van der Waals surface area contributed by atoms with Crippen LogP contribution >= 0.6 is 0 Å². The molecule has 3 heterocycles. The number of aliphatic imine (C=N–C) groups is 2. The van der Waals surface area contributed by atoms with Gasteiger partial charge in [-0.05, 0) is 49.4 Å². The molecule has 0 bridgehead atoms. The topological polar surface area (TPSA) is 89.5 Å². The van der Waals surface area contributed by atoms with Gasteiger partial charge in [0, 0.05) is 24.9 Å². The first-order valence-electron chi connectivity index (χ1n) is 13.5. The lowest BCUT2D eigenvalue weighted by atomic mass is 9.79. The molecular formula is C30H34N5O3+. The van der Waals surface area contributed by atoms with Crippen LogP contribution in [0, 0.1) is 11.8 Å². The van der Waals surface area contributed by atoms with E-state index >= 15 is 0 Å². The number of ether oxygens (including phenoxy) is 2. The van der Waals surface area contributed by atoms with Gasteiger partial charge in [-0.15, -0.1) is 4.59 Å². The number of rotatable bonds is 6. The van der Waals surface area contributed by atoms with Gasteiger partial charge in [-0.3, -0.25) is 9.79 Å². The lowest BCUT2D eigenvalue weighted by Crippen LogP contribution is -2.53. The first-order chi connectivity index (χ1) is 18.6. The molecule has 0 radical (unpaired) electrons. The number of benzene rings is 2. The maximum absolute atomic E-state index is 13.0. The number of allylic oxidation sites excluding steroid dienone is 2. The van der Waals surface area contributed by atoms with Crippen molar-refractivity contribution < 1.29 is 18.9 Å². The van der Waals surface area contributed by atoms with Crippen LogP contribution in [0.2, 0.25) is 0 Å². The summed E-state index contributed by atoms with van der Waals surface area (Å²) in [6.07, 6.45) is 9.00. The molecule has 1 atom stereocenters. The van der Waals surface area contributed by atoms with Crippen LogP contribution in [0.4, 0.5) is 0 Å². The van der Waals surface area contributed by atoms with Crippen LogP contribution in [0.15, 0.2) is 88.4 Å².